The van der Waals surface area contributed by atoms with Gasteiger partial charge in [0, 0.05) is 18.3 Å². The maximum atomic E-state index is 11.7. The Hall–Kier alpha value is -2.83. The van der Waals surface area contributed by atoms with E-state index in [1.807, 2.05) is 6.07 Å². The Morgan fingerprint density at radius 3 is 3.00 bits per heavy atom. The Kier molecular flexibility index (Phi) is 3.77. The number of nitrogens with one attached hydrogen (secondary N) is 2. The molecule has 19 heavy (non-hydrogen) atoms. The van der Waals surface area contributed by atoms with E-state index in [0.717, 1.165) is 5.56 Å². The first kappa shape index (κ1) is 12.6. The Morgan fingerprint density at radius 2 is 2.32 bits per heavy atom. The van der Waals surface area contributed by atoms with E-state index in [-0.39, 0.29) is 11.7 Å². The summed E-state index contributed by atoms with van der Waals surface area (Å²) in [6, 6.07) is 7.07. The number of hydrogen-bond donors (Lipinski definition) is 4. The first-order chi connectivity index (χ1) is 9.20. The molecule has 1 aromatic carbocycles. The Morgan fingerprint density at radius 1 is 1.47 bits per heavy atom. The molecule has 1 amide bonds. The standard InChI is InChI=1S/C12H13N5O2/c13-11(17-19)9-3-1-2-8(4-9)5-14-12(18)10-6-15-16-7-10/h1-4,6-7,19H,5H2,(H2,13,17)(H,14,18)(H,15,16). The molecule has 0 radical (unpaired) electrons. The second-order valence-corrected chi connectivity index (χ2v) is 3.86. The van der Waals surface area contributed by atoms with Crippen LogP contribution in [0.5, 0.6) is 0 Å². The molecule has 1 aromatic heterocycles. The summed E-state index contributed by atoms with van der Waals surface area (Å²) >= 11 is 0. The van der Waals surface area contributed by atoms with Crippen LogP contribution in [0.15, 0.2) is 41.8 Å². The number of amidine groups is 1. The Bertz CT molecular complexity index is 592. The number of rotatable bonds is 4. The van der Waals surface area contributed by atoms with E-state index in [4.69, 9.17) is 10.9 Å². The lowest BCUT2D eigenvalue weighted by Crippen LogP contribution is -2.22. The summed E-state index contributed by atoms with van der Waals surface area (Å²) in [4.78, 5) is 11.7. The zero-order chi connectivity index (χ0) is 13.7. The van der Waals surface area contributed by atoms with Crippen LogP contribution in [0.25, 0.3) is 0 Å². The molecule has 0 spiro atoms. The van der Waals surface area contributed by atoms with E-state index < -0.39 is 0 Å². The van der Waals surface area contributed by atoms with E-state index in [2.05, 4.69) is 20.7 Å². The zero-order valence-corrected chi connectivity index (χ0v) is 10.00. The molecule has 0 atom stereocenters. The Labute approximate surface area is 109 Å². The fourth-order valence-electron chi connectivity index (χ4n) is 1.56. The number of carbonyl (C=O) groups is 1. The van der Waals surface area contributed by atoms with Gasteiger partial charge in [-0.1, -0.05) is 23.4 Å². The van der Waals surface area contributed by atoms with Gasteiger partial charge in [-0.3, -0.25) is 9.89 Å². The van der Waals surface area contributed by atoms with Crippen LogP contribution in [-0.2, 0) is 6.54 Å². The highest BCUT2D eigenvalue weighted by atomic mass is 16.4. The first-order valence-electron chi connectivity index (χ1n) is 5.54. The number of aromatic nitrogens is 2. The number of nitrogens with zero attached hydrogens (tertiary/aromatic N) is 2. The van der Waals surface area contributed by atoms with Crippen molar-refractivity contribution in [1.29, 1.82) is 0 Å². The highest BCUT2D eigenvalue weighted by Gasteiger charge is 2.06. The van der Waals surface area contributed by atoms with Crippen molar-refractivity contribution < 1.29 is 10.0 Å². The molecule has 0 fully saturated rings. The lowest BCUT2D eigenvalue weighted by atomic mass is 10.1. The molecule has 2 rings (SSSR count). The summed E-state index contributed by atoms with van der Waals surface area (Å²) in [7, 11) is 0. The number of hydrogen-bond acceptors (Lipinski definition) is 4. The van der Waals surface area contributed by atoms with E-state index in [1.165, 1.54) is 12.4 Å². The second-order valence-electron chi connectivity index (χ2n) is 3.86. The maximum absolute atomic E-state index is 11.7. The quantitative estimate of drug-likeness (QED) is 0.276. The van der Waals surface area contributed by atoms with Crippen LogP contribution in [0, 0.1) is 0 Å². The number of aromatic amines is 1. The number of amides is 1. The van der Waals surface area contributed by atoms with Crippen LogP contribution in [0.3, 0.4) is 0 Å². The molecule has 7 nitrogen and oxygen atoms in total. The van der Waals surface area contributed by atoms with Crippen LogP contribution in [0.2, 0.25) is 0 Å². The maximum Gasteiger partial charge on any atom is 0.254 e. The molecule has 1 heterocycles. The third-order valence-electron chi connectivity index (χ3n) is 2.54. The van der Waals surface area contributed by atoms with E-state index in [0.29, 0.717) is 17.7 Å². The number of H-pyrrole nitrogens is 1. The second kappa shape index (κ2) is 5.67. The molecular formula is C12H13N5O2. The van der Waals surface area contributed by atoms with E-state index in [9.17, 15) is 4.79 Å². The highest BCUT2D eigenvalue weighted by molar-refractivity contribution is 5.97. The van der Waals surface area contributed by atoms with Crippen LogP contribution in [0.1, 0.15) is 21.5 Å². The summed E-state index contributed by atoms with van der Waals surface area (Å²) in [6.07, 6.45) is 2.96. The number of benzene rings is 1. The predicted octanol–water partition coefficient (Wildman–Crippen LogP) is 0.434. The van der Waals surface area contributed by atoms with Gasteiger partial charge in [0.2, 0.25) is 0 Å². The van der Waals surface area contributed by atoms with Gasteiger partial charge in [0.05, 0.1) is 11.8 Å². The van der Waals surface area contributed by atoms with Crippen LogP contribution in [0.4, 0.5) is 0 Å². The van der Waals surface area contributed by atoms with Crippen molar-refractivity contribution in [2.24, 2.45) is 10.9 Å². The van der Waals surface area contributed by atoms with Crippen molar-refractivity contribution >= 4 is 11.7 Å². The molecule has 0 aliphatic carbocycles. The lowest BCUT2D eigenvalue weighted by Gasteiger charge is -2.05. The zero-order valence-electron chi connectivity index (χ0n) is 10.00. The SMILES string of the molecule is NC(=NO)c1cccc(CNC(=O)c2cn[nH]c2)c1. The molecule has 5 N–H and O–H groups in total. The van der Waals surface area contributed by atoms with Crippen molar-refractivity contribution in [3.05, 3.63) is 53.3 Å². The fraction of sp³-hybridized carbons (Fsp3) is 0.0833. The summed E-state index contributed by atoms with van der Waals surface area (Å²) in [5, 5.41) is 20.5. The van der Waals surface area contributed by atoms with Gasteiger partial charge in [-0.2, -0.15) is 5.10 Å². The number of nitrogens with two attached hydrogens (primary N) is 1. The fourth-order valence-corrected chi connectivity index (χ4v) is 1.56. The van der Waals surface area contributed by atoms with Crippen molar-refractivity contribution in [2.45, 2.75) is 6.54 Å². The molecule has 0 aliphatic heterocycles. The van der Waals surface area contributed by atoms with Gasteiger partial charge in [0.25, 0.3) is 5.91 Å². The largest absolute Gasteiger partial charge is 0.409 e. The topological polar surface area (TPSA) is 116 Å². The van der Waals surface area contributed by atoms with Crippen molar-refractivity contribution in [1.82, 2.24) is 15.5 Å². The molecule has 98 valence electrons. The third-order valence-corrected chi connectivity index (χ3v) is 2.54. The minimum absolute atomic E-state index is 0.0306. The van der Waals surface area contributed by atoms with Crippen molar-refractivity contribution in [2.75, 3.05) is 0 Å². The molecular weight excluding hydrogens is 246 g/mol. The summed E-state index contributed by atoms with van der Waals surface area (Å²) in [5.74, 6) is -0.189. The number of carbonyl (C=O) groups excluding carboxylic acids is 1. The monoisotopic (exact) mass is 259 g/mol. The average Bonchev–Trinajstić information content (AvgIpc) is 2.98. The van der Waals surface area contributed by atoms with Gasteiger partial charge in [-0.05, 0) is 11.6 Å². The summed E-state index contributed by atoms with van der Waals surface area (Å²) in [5.41, 5.74) is 7.40. The van der Waals surface area contributed by atoms with Crippen LogP contribution in [-0.4, -0.2) is 27.1 Å². The van der Waals surface area contributed by atoms with Gasteiger partial charge < -0.3 is 16.3 Å². The summed E-state index contributed by atoms with van der Waals surface area (Å²) < 4.78 is 0. The molecule has 0 saturated heterocycles. The third kappa shape index (κ3) is 3.09. The Balaban J connectivity index is 2.02. The molecule has 0 aliphatic rings. The van der Waals surface area contributed by atoms with Gasteiger partial charge in [0.1, 0.15) is 0 Å². The number of oxime groups is 1. The molecule has 0 saturated carbocycles. The predicted molar refractivity (Wildman–Crippen MR) is 68.7 cm³/mol. The van der Waals surface area contributed by atoms with Gasteiger partial charge in [0.15, 0.2) is 5.84 Å². The van der Waals surface area contributed by atoms with Crippen molar-refractivity contribution in [3.8, 4) is 0 Å². The van der Waals surface area contributed by atoms with Crippen LogP contribution >= 0.6 is 0 Å². The van der Waals surface area contributed by atoms with Crippen molar-refractivity contribution in [3.63, 3.8) is 0 Å². The van der Waals surface area contributed by atoms with E-state index >= 15 is 0 Å². The minimum atomic E-state index is -0.219. The lowest BCUT2D eigenvalue weighted by molar-refractivity contribution is 0.0951. The minimum Gasteiger partial charge on any atom is -0.409 e. The first-order valence-corrected chi connectivity index (χ1v) is 5.54. The van der Waals surface area contributed by atoms with Gasteiger partial charge in [-0.15, -0.1) is 0 Å². The summed E-state index contributed by atoms with van der Waals surface area (Å²) in [6.45, 7) is 0.344. The normalized spacial score (nSPS) is 11.3. The average molecular weight is 259 g/mol. The highest BCUT2D eigenvalue weighted by Crippen LogP contribution is 2.05. The molecule has 0 unspecified atom stereocenters. The van der Waals surface area contributed by atoms with Crippen LogP contribution < -0.4 is 11.1 Å². The smallest absolute Gasteiger partial charge is 0.254 e. The van der Waals surface area contributed by atoms with E-state index in [1.54, 1.807) is 18.2 Å². The molecule has 7 heteroatoms. The molecule has 0 bridgehead atoms. The van der Waals surface area contributed by atoms with Gasteiger partial charge in [-0.25, -0.2) is 0 Å². The van der Waals surface area contributed by atoms with Gasteiger partial charge >= 0.3 is 0 Å². The molecule has 2 aromatic rings.